The molecule has 0 aliphatic carbocycles. The van der Waals surface area contributed by atoms with Gasteiger partial charge in [-0.05, 0) is 165 Å². The Bertz CT molecular complexity index is 4410. The molecule has 0 aromatic carbocycles. The lowest BCUT2D eigenvalue weighted by Gasteiger charge is -2.37. The Morgan fingerprint density at radius 2 is 0.717 bits per heavy atom. The van der Waals surface area contributed by atoms with Crippen molar-refractivity contribution < 1.29 is 83.9 Å². The Kier molecular flexibility index (Phi) is 38.6. The van der Waals surface area contributed by atoms with E-state index in [2.05, 4.69) is 197 Å². The van der Waals surface area contributed by atoms with Gasteiger partial charge in [-0.1, -0.05) is 95.2 Å². The molecule has 5 saturated heterocycles. The average molecular weight is 1900 g/mol. The number of amidine groups is 5. The summed E-state index contributed by atoms with van der Waals surface area (Å²) in [6.45, 7) is 59.7. The van der Waals surface area contributed by atoms with Gasteiger partial charge in [-0.15, -0.1) is 65.9 Å². The molecule has 10 rings (SSSR count). The molecule has 32 nitrogen and oxygen atoms in total. The van der Waals surface area contributed by atoms with E-state index in [0.29, 0.717) is 70.8 Å². The first-order valence-corrected chi connectivity index (χ1v) is 61.3. The quantitative estimate of drug-likeness (QED) is 0.0331. The summed E-state index contributed by atoms with van der Waals surface area (Å²) >= 11 is 0. The van der Waals surface area contributed by atoms with E-state index in [1.807, 2.05) is 77.7 Å². The van der Waals surface area contributed by atoms with E-state index in [9.17, 15) is 51.1 Å². The van der Waals surface area contributed by atoms with E-state index in [0.717, 1.165) is 47.8 Å². The highest BCUT2D eigenvalue weighted by Crippen LogP contribution is 2.48. The topological polar surface area (TPSA) is 452 Å². The standard InChI is InChI=1S/C22H42N3O4PSi.C18H32N3O3P.C17H30N3O3P.C16H28N3O4P.C16H28N3O3P/c1-14(13-30(6,7)8)19-17(26)18(27)21(29-19)25-11-16(20(23)24-15(25)2)12-28-31(9,10)22(3,4)5;1-12(11-25(6,7)8)16-15(22)17(23-5)18(24-16)21-10-9-14(20(3)4)19-13(21)2;1-7-12-8-20(11(3)19-16(12)18)17-14(22)13(21)15(23-17)10(2)9-24(4,5)6;1-9(8-24(3,4)5)14-12(21)13(22)16(23-14)19-6-11(7-20)15(17)18-10(19)2;1-9-7-19(11(3)18-15(9)17)16-13(21)12(20)14(22-16)10(2)8-23(4,5)6/h11,14,17-19,21,26-27H,2,6,12-13H2,1,3-5,7-10H3,(H2,23,24);9-10,12,15-18,22H,2,6,11H2,1,3-5,7-8H3;8,10,13-15,17,21-22H,3-4,7,9H2,1-2,5-6H3,(H2,18,19);6,9,12-14,16,20-22H,2-3,7-8H2,1,4-5H3,(H2,17,18);7,10,12-14,16,20-21H,3-4,8H2,1-2,5-6H3,(H2,17,18)/t14?,17-,18+,19+,21+;12?,15-,16-,17-,18-;10?,13-,14+,15+,17+;9?,12-,13+,14+,16+;10?,12-,13+,14+,16+/m01000/s1. The summed E-state index contributed by atoms with van der Waals surface area (Å²) in [4.78, 5) is 31.5. The van der Waals surface area contributed by atoms with Gasteiger partial charge in [0, 0.05) is 74.5 Å². The highest BCUT2D eigenvalue weighted by atomic mass is 31.2. The van der Waals surface area contributed by atoms with Crippen LogP contribution in [0, 0.1) is 29.6 Å². The first kappa shape index (κ1) is 111. The van der Waals surface area contributed by atoms with Crippen LogP contribution in [0.5, 0.6) is 0 Å². The van der Waals surface area contributed by atoms with E-state index in [4.69, 9.17) is 55.8 Å². The lowest BCUT2D eigenvalue weighted by Crippen LogP contribution is -2.44. The van der Waals surface area contributed by atoms with Crippen LogP contribution in [-0.4, -0.2) is 404 Å². The molecule has 127 heavy (non-hydrogen) atoms. The Morgan fingerprint density at radius 1 is 0.441 bits per heavy atom. The molecule has 38 heteroatoms. The zero-order chi connectivity index (χ0) is 96.9. The molecule has 0 bridgehead atoms. The van der Waals surface area contributed by atoms with Crippen molar-refractivity contribution in [1.82, 2.24) is 29.4 Å². The number of aliphatic hydroxyl groups excluding tert-OH is 10. The summed E-state index contributed by atoms with van der Waals surface area (Å²) in [6, 6.07) is 0. The van der Waals surface area contributed by atoms with E-state index in [1.54, 1.807) is 46.6 Å². The van der Waals surface area contributed by atoms with Gasteiger partial charge in [0.05, 0.1) is 43.7 Å². The van der Waals surface area contributed by atoms with Gasteiger partial charge in [0.15, 0.2) is 39.5 Å². The van der Waals surface area contributed by atoms with Crippen LogP contribution in [0.2, 0.25) is 18.1 Å². The third-order valence-electron chi connectivity index (χ3n) is 23.8. The number of nitrogens with two attached hydrogens (primary N) is 4. The van der Waals surface area contributed by atoms with E-state index in [1.165, 1.54) is 4.90 Å². The van der Waals surface area contributed by atoms with E-state index >= 15 is 0 Å². The summed E-state index contributed by atoms with van der Waals surface area (Å²) in [7, 11) is 3.48. The maximum Gasteiger partial charge on any atom is 0.192 e. The summed E-state index contributed by atoms with van der Waals surface area (Å²) in [6.07, 6.45) is 21.9. The van der Waals surface area contributed by atoms with Gasteiger partial charge >= 0.3 is 0 Å². The van der Waals surface area contributed by atoms with Crippen molar-refractivity contribution >= 4 is 103 Å². The molecule has 0 spiro atoms. The highest BCUT2D eigenvalue weighted by molar-refractivity contribution is 7.73. The molecule has 10 heterocycles. The van der Waals surface area contributed by atoms with Crippen LogP contribution in [-0.2, 0) is 32.8 Å². The van der Waals surface area contributed by atoms with Crippen molar-refractivity contribution in [1.29, 1.82) is 0 Å². The molecular formula is C89H160N15O17P5Si. The minimum atomic E-state index is -1.98. The SMILES string of the molecule is C=C1N=C(N(C)C)C=CN1[C@@H]1O[C@H](C(C)CP(=C)(C)C)[C@@H](O)[C@H]1OC.C=C1N=C(N)C(C)=CN1[C@@H]1O[C@H](C(C)CP(=C)(C)C)[C@@H](O)[C@H]1O.C=C1N=C(N)C(CC)=CN1[C@@H]1O[C@H](C(C)CP(=C)(C)C)[C@@H](O)[C@H]1O.C=C1N=C(N)C(CO)=CN1[C@@H]1O[C@H](C(C)CP(=C)(C)C)[C@@H](O)[C@H]1O.C=C1N=C(N)C(CO[Si](C)(C)C(C)(C)C)=CN1[C@@H]1O[C@H](C(C)CP(=C)(C)C)[C@@H](O)[C@H]1O. The van der Waals surface area contributed by atoms with Crippen LogP contribution in [0.1, 0.15) is 75.7 Å². The first-order chi connectivity index (χ1) is 58.1. The minimum Gasteiger partial charge on any atom is -0.412 e. The van der Waals surface area contributed by atoms with Gasteiger partial charge in [-0.3, -0.25) is 0 Å². The molecule has 5 fully saturated rings. The van der Waals surface area contributed by atoms with Gasteiger partial charge in [0.1, 0.15) is 119 Å². The fourth-order valence-electron chi connectivity index (χ4n) is 16.8. The van der Waals surface area contributed by atoms with Crippen molar-refractivity contribution in [2.24, 2.45) is 77.5 Å². The monoisotopic (exact) mass is 1890 g/mol. The number of hydrogen-bond donors (Lipinski definition) is 14. The van der Waals surface area contributed by atoms with Crippen molar-refractivity contribution in [2.75, 3.05) is 132 Å². The molecular weight excluding hydrogens is 1730 g/mol. The Labute approximate surface area is 759 Å². The maximum absolute atomic E-state index is 10.8. The number of aliphatic imine (C=N–C) groups is 5. The van der Waals surface area contributed by atoms with Gasteiger partial charge in [-0.2, -0.15) is 0 Å². The lowest BCUT2D eigenvalue weighted by atomic mass is 10.00. The van der Waals surface area contributed by atoms with Crippen molar-refractivity contribution in [3.05, 3.63) is 121 Å². The number of likely N-dealkylation sites (N-methyl/N-ethyl adjacent to an activating group) is 1. The predicted molar refractivity (Wildman–Crippen MR) is 538 cm³/mol. The zero-order valence-corrected chi connectivity index (χ0v) is 85.9. The summed E-state index contributed by atoms with van der Waals surface area (Å²) in [5.74, 6) is 4.70. The summed E-state index contributed by atoms with van der Waals surface area (Å²) in [5, 5.41) is 104. The second-order valence-corrected chi connectivity index (χ2v) is 66.7. The number of rotatable bonds is 26. The van der Waals surface area contributed by atoms with Crippen LogP contribution in [0.4, 0.5) is 0 Å². The lowest BCUT2D eigenvalue weighted by molar-refractivity contribution is -0.0763. The minimum absolute atomic E-state index is 0.0494. The molecule has 0 radical (unpaired) electrons. The predicted octanol–water partition coefficient (Wildman–Crippen LogP) is 6.36. The third kappa shape index (κ3) is 29.2. The summed E-state index contributed by atoms with van der Waals surface area (Å²) < 4.78 is 42.2. The number of aliphatic hydroxyl groups is 10. The van der Waals surface area contributed by atoms with Crippen molar-refractivity contribution in [3.8, 4) is 0 Å². The van der Waals surface area contributed by atoms with Crippen LogP contribution in [0.25, 0.3) is 0 Å². The van der Waals surface area contributed by atoms with Gasteiger partial charge < -0.3 is 136 Å². The molecule has 0 aromatic rings. The molecule has 0 amide bonds. The smallest absolute Gasteiger partial charge is 0.192 e. The number of hydrogen-bond acceptors (Lipinski definition) is 32. The molecule has 0 aromatic heterocycles. The largest absolute Gasteiger partial charge is 0.412 e. The van der Waals surface area contributed by atoms with Crippen molar-refractivity contribution in [2.45, 2.75) is 216 Å². The first-order valence-electron chi connectivity index (χ1n) is 43.1. The highest BCUT2D eigenvalue weighted by Gasteiger charge is 2.54. The Balaban J connectivity index is 0.000000246. The fourth-order valence-corrected chi connectivity index (χ4v) is 26.5. The van der Waals surface area contributed by atoms with Gasteiger partial charge in [0.25, 0.3) is 0 Å². The molecule has 5 unspecified atom stereocenters. The second-order valence-electron chi connectivity index (χ2n) is 40.7. The molecule has 10 aliphatic heterocycles. The Hall–Kier alpha value is -5.21. The molecule has 25 atom stereocenters. The second kappa shape index (κ2) is 44.3. The van der Waals surface area contributed by atoms with Crippen LogP contribution in [0.3, 0.4) is 0 Å². The molecule has 722 valence electrons. The zero-order valence-electron chi connectivity index (χ0n) is 80.4. The van der Waals surface area contributed by atoms with E-state index in [-0.39, 0.29) is 53.2 Å². The third-order valence-corrected chi connectivity index (χ3v) is 36.1. The fraction of sp³-hybridized carbons (Fsp3) is 0.663. The van der Waals surface area contributed by atoms with Crippen LogP contribution in [0.15, 0.2) is 146 Å². The van der Waals surface area contributed by atoms with Crippen LogP contribution >= 0.6 is 34.4 Å². The normalized spacial score (nSPS) is 31.6. The van der Waals surface area contributed by atoms with E-state index < -0.39 is 159 Å². The number of nitrogens with zero attached hydrogens (tertiary/aromatic N) is 11. The number of methoxy groups -OCH3 is 1. The molecule has 0 saturated carbocycles. The summed E-state index contributed by atoms with van der Waals surface area (Å²) in [5.41, 5.74) is 26.3. The van der Waals surface area contributed by atoms with Gasteiger partial charge in [-0.25, -0.2) is 25.0 Å². The van der Waals surface area contributed by atoms with Crippen molar-refractivity contribution in [3.63, 3.8) is 0 Å². The van der Waals surface area contributed by atoms with Crippen LogP contribution < -0.4 is 22.9 Å². The maximum atomic E-state index is 10.8. The molecule has 10 aliphatic rings. The average Bonchev–Trinajstić information content (AvgIpc) is 1.67. The Morgan fingerprint density at radius 3 is 1.01 bits per heavy atom. The number of ether oxygens (including phenoxy) is 6. The molecule has 18 N–H and O–H groups in total. The van der Waals surface area contributed by atoms with Gasteiger partial charge in [0.2, 0.25) is 0 Å².